The molecule has 0 atom stereocenters. The van der Waals surface area contributed by atoms with Gasteiger partial charge in [0.15, 0.2) is 6.54 Å². The van der Waals surface area contributed by atoms with Crippen LogP contribution in [-0.2, 0) is 17.5 Å². The average molecular weight is 379 g/mol. The molecule has 1 aliphatic rings. The second-order valence-electron chi connectivity index (χ2n) is 6.93. The molecule has 0 bridgehead atoms. The summed E-state index contributed by atoms with van der Waals surface area (Å²) >= 11 is 0. The number of anilines is 1. The molecule has 0 aliphatic carbocycles. The number of piperazine rings is 1. The molecule has 0 saturated carbocycles. The van der Waals surface area contributed by atoms with Gasteiger partial charge >= 0.3 is 6.18 Å². The van der Waals surface area contributed by atoms with Crippen LogP contribution in [0.4, 0.5) is 18.9 Å². The summed E-state index contributed by atoms with van der Waals surface area (Å²) < 4.78 is 39.1. The summed E-state index contributed by atoms with van der Waals surface area (Å²) in [5.74, 6) is -0.381. The Bertz CT molecular complexity index is 757. The normalized spacial score (nSPS) is 20.3. The zero-order chi connectivity index (χ0) is 19.3. The van der Waals surface area contributed by atoms with Crippen LogP contribution in [0.2, 0.25) is 0 Å². The lowest BCUT2D eigenvalue weighted by atomic mass is 10.1. The number of quaternary nitrogens is 2. The van der Waals surface area contributed by atoms with Crippen molar-refractivity contribution in [3.05, 3.63) is 65.7 Å². The predicted octanol–water partition coefficient (Wildman–Crippen LogP) is 0.628. The molecule has 144 valence electrons. The summed E-state index contributed by atoms with van der Waals surface area (Å²) in [7, 11) is 0. The Morgan fingerprint density at radius 2 is 1.48 bits per heavy atom. The first kappa shape index (κ1) is 19.4. The van der Waals surface area contributed by atoms with Gasteiger partial charge in [-0.2, -0.15) is 13.2 Å². The lowest BCUT2D eigenvalue weighted by molar-refractivity contribution is -1.02. The van der Waals surface area contributed by atoms with E-state index in [1.54, 1.807) is 0 Å². The molecular formula is C20H24F3N3O+2. The van der Waals surface area contributed by atoms with Gasteiger partial charge < -0.3 is 15.1 Å². The van der Waals surface area contributed by atoms with Gasteiger partial charge in [-0.1, -0.05) is 42.5 Å². The molecule has 27 heavy (non-hydrogen) atoms. The summed E-state index contributed by atoms with van der Waals surface area (Å²) in [6, 6.07) is 15.3. The molecule has 2 aromatic rings. The lowest BCUT2D eigenvalue weighted by Gasteiger charge is -2.29. The number of carbonyl (C=O) groups is 1. The van der Waals surface area contributed by atoms with Crippen LogP contribution in [0.1, 0.15) is 11.1 Å². The molecule has 1 fully saturated rings. The van der Waals surface area contributed by atoms with E-state index in [0.29, 0.717) is 0 Å². The summed E-state index contributed by atoms with van der Waals surface area (Å²) in [5, 5.41) is 2.43. The number of hydrogen-bond acceptors (Lipinski definition) is 1. The fourth-order valence-electron chi connectivity index (χ4n) is 3.46. The van der Waals surface area contributed by atoms with Crippen molar-refractivity contribution in [3.8, 4) is 0 Å². The number of rotatable bonds is 5. The first-order chi connectivity index (χ1) is 12.9. The summed E-state index contributed by atoms with van der Waals surface area (Å²) in [6.07, 6.45) is -4.48. The van der Waals surface area contributed by atoms with Crippen molar-refractivity contribution < 1.29 is 27.8 Å². The van der Waals surface area contributed by atoms with Crippen molar-refractivity contribution >= 4 is 11.6 Å². The SMILES string of the molecule is O=C(C[NH+]1CC[NH+](Cc2ccccc2)CC1)Nc1ccccc1C(F)(F)F. The third kappa shape index (κ3) is 5.55. The first-order valence-corrected chi connectivity index (χ1v) is 9.09. The van der Waals surface area contributed by atoms with Gasteiger partial charge in [-0.05, 0) is 12.1 Å². The summed E-state index contributed by atoms with van der Waals surface area (Å²) in [6.45, 7) is 4.68. The minimum atomic E-state index is -4.48. The molecule has 3 N–H and O–H groups in total. The zero-order valence-electron chi connectivity index (χ0n) is 15.0. The monoisotopic (exact) mass is 379 g/mol. The third-order valence-corrected chi connectivity index (χ3v) is 4.88. The van der Waals surface area contributed by atoms with Crippen molar-refractivity contribution in [1.82, 2.24) is 0 Å². The molecule has 4 nitrogen and oxygen atoms in total. The van der Waals surface area contributed by atoms with Crippen molar-refractivity contribution in [3.63, 3.8) is 0 Å². The Kier molecular flexibility index (Phi) is 6.13. The molecule has 1 heterocycles. The molecule has 1 amide bonds. The molecule has 0 aromatic heterocycles. The molecule has 1 aliphatic heterocycles. The topological polar surface area (TPSA) is 38.0 Å². The number of halogens is 3. The quantitative estimate of drug-likeness (QED) is 0.701. The summed E-state index contributed by atoms with van der Waals surface area (Å²) in [5.41, 5.74) is 0.297. The number of alkyl halides is 3. The first-order valence-electron chi connectivity index (χ1n) is 9.09. The van der Waals surface area contributed by atoms with Crippen molar-refractivity contribution in [2.24, 2.45) is 0 Å². The van der Waals surface area contributed by atoms with Crippen LogP contribution in [0.15, 0.2) is 54.6 Å². The van der Waals surface area contributed by atoms with E-state index in [2.05, 4.69) is 17.4 Å². The standard InChI is InChI=1S/C20H22F3N3O/c21-20(22,23)17-8-4-5-9-18(17)24-19(27)15-26-12-10-25(11-13-26)14-16-6-2-1-3-7-16/h1-9H,10-15H2,(H,24,27)/p+2. The molecule has 7 heteroatoms. The van der Waals surface area contributed by atoms with Gasteiger partial charge in [-0.3, -0.25) is 4.79 Å². The minimum absolute atomic E-state index is 0.178. The van der Waals surface area contributed by atoms with E-state index in [0.717, 1.165) is 43.7 Å². The van der Waals surface area contributed by atoms with Crippen molar-refractivity contribution in [2.75, 3.05) is 38.0 Å². The molecule has 1 saturated heterocycles. The zero-order valence-corrected chi connectivity index (χ0v) is 15.0. The van der Waals surface area contributed by atoms with Gasteiger partial charge in [0.25, 0.3) is 5.91 Å². The Hall–Kier alpha value is -2.38. The summed E-state index contributed by atoms with van der Waals surface area (Å²) in [4.78, 5) is 14.8. The fraction of sp³-hybridized carbons (Fsp3) is 0.350. The van der Waals surface area contributed by atoms with Gasteiger partial charge in [0, 0.05) is 5.56 Å². The largest absolute Gasteiger partial charge is 0.418 e. The highest BCUT2D eigenvalue weighted by molar-refractivity contribution is 5.92. The van der Waals surface area contributed by atoms with Gasteiger partial charge in [-0.15, -0.1) is 0 Å². The van der Waals surface area contributed by atoms with E-state index in [9.17, 15) is 18.0 Å². The lowest BCUT2D eigenvalue weighted by Crippen LogP contribution is -3.28. The molecular weight excluding hydrogens is 355 g/mol. The van der Waals surface area contributed by atoms with Gasteiger partial charge in [0.05, 0.1) is 11.3 Å². The highest BCUT2D eigenvalue weighted by atomic mass is 19.4. The number of benzene rings is 2. The fourth-order valence-corrected chi connectivity index (χ4v) is 3.46. The maximum Gasteiger partial charge on any atom is 0.418 e. The van der Waals surface area contributed by atoms with Gasteiger partial charge in [0.1, 0.15) is 32.7 Å². The van der Waals surface area contributed by atoms with Crippen LogP contribution in [0, 0.1) is 0 Å². The van der Waals surface area contributed by atoms with E-state index in [4.69, 9.17) is 0 Å². The second kappa shape index (κ2) is 8.54. The maximum absolute atomic E-state index is 13.0. The van der Waals surface area contributed by atoms with Gasteiger partial charge in [0.2, 0.25) is 0 Å². The van der Waals surface area contributed by atoms with E-state index in [-0.39, 0.29) is 18.1 Å². The molecule has 0 spiro atoms. The smallest absolute Gasteiger partial charge is 0.322 e. The van der Waals surface area contributed by atoms with E-state index in [1.807, 2.05) is 18.2 Å². The molecule has 0 unspecified atom stereocenters. The highest BCUT2D eigenvalue weighted by Gasteiger charge is 2.34. The molecule has 3 rings (SSSR count). The van der Waals surface area contributed by atoms with Gasteiger partial charge in [-0.25, -0.2) is 0 Å². The second-order valence-corrected chi connectivity index (χ2v) is 6.93. The third-order valence-electron chi connectivity index (χ3n) is 4.88. The van der Waals surface area contributed by atoms with Crippen LogP contribution < -0.4 is 15.1 Å². The molecule has 2 aromatic carbocycles. The number of amides is 1. The Balaban J connectivity index is 1.49. The number of hydrogen-bond donors (Lipinski definition) is 3. The Morgan fingerprint density at radius 1 is 0.889 bits per heavy atom. The highest BCUT2D eigenvalue weighted by Crippen LogP contribution is 2.34. The maximum atomic E-state index is 13.0. The number of nitrogens with one attached hydrogen (secondary N) is 3. The van der Waals surface area contributed by atoms with E-state index >= 15 is 0 Å². The van der Waals surface area contributed by atoms with Crippen molar-refractivity contribution in [2.45, 2.75) is 12.7 Å². The van der Waals surface area contributed by atoms with Crippen LogP contribution in [0.5, 0.6) is 0 Å². The number of para-hydroxylation sites is 1. The number of carbonyl (C=O) groups excluding carboxylic acids is 1. The Labute approximate surface area is 156 Å². The van der Waals surface area contributed by atoms with Crippen LogP contribution in [0.3, 0.4) is 0 Å². The average Bonchev–Trinajstić information content (AvgIpc) is 2.64. The van der Waals surface area contributed by atoms with Crippen molar-refractivity contribution in [1.29, 1.82) is 0 Å². The predicted molar refractivity (Wildman–Crippen MR) is 96.5 cm³/mol. The Morgan fingerprint density at radius 3 is 2.15 bits per heavy atom. The van der Waals surface area contributed by atoms with Crippen LogP contribution in [-0.4, -0.2) is 38.6 Å². The van der Waals surface area contributed by atoms with Crippen LogP contribution >= 0.6 is 0 Å². The van der Waals surface area contributed by atoms with Crippen LogP contribution in [0.25, 0.3) is 0 Å². The van der Waals surface area contributed by atoms with E-state index in [1.165, 1.54) is 28.7 Å². The molecule has 0 radical (unpaired) electrons. The van der Waals surface area contributed by atoms with E-state index < -0.39 is 11.7 Å². The minimum Gasteiger partial charge on any atom is -0.322 e.